The van der Waals surface area contributed by atoms with Crippen LogP contribution in [0.2, 0.25) is 0 Å². The molecule has 1 N–H and O–H groups in total. The van der Waals surface area contributed by atoms with Gasteiger partial charge in [0, 0.05) is 18.1 Å². The zero-order valence-corrected chi connectivity index (χ0v) is 11.1. The molecule has 0 spiro atoms. The lowest BCUT2D eigenvalue weighted by Gasteiger charge is -2.19. The second kappa shape index (κ2) is 5.48. The second-order valence-electron chi connectivity index (χ2n) is 4.44. The van der Waals surface area contributed by atoms with Crippen LogP contribution in [0, 0.1) is 6.92 Å². The largest absolute Gasteiger partial charge is 0.418 e. The van der Waals surface area contributed by atoms with Crippen molar-refractivity contribution in [3.8, 4) is 0 Å². The maximum Gasteiger partial charge on any atom is 0.418 e. The summed E-state index contributed by atoms with van der Waals surface area (Å²) < 4.78 is 38.7. The van der Waals surface area contributed by atoms with Crippen LogP contribution in [0.25, 0.3) is 0 Å². The first-order valence-corrected chi connectivity index (χ1v) is 6.10. The number of aryl methyl sites for hydroxylation is 1. The smallest absolute Gasteiger partial charge is 0.376 e. The van der Waals surface area contributed by atoms with E-state index in [1.165, 1.54) is 18.3 Å². The summed E-state index contributed by atoms with van der Waals surface area (Å²) in [5, 5.41) is 2.85. The number of hydrogen-bond acceptors (Lipinski definition) is 3. The van der Waals surface area contributed by atoms with Crippen molar-refractivity contribution in [2.75, 3.05) is 5.32 Å². The summed E-state index contributed by atoms with van der Waals surface area (Å²) in [6, 6.07) is 5.02. The van der Waals surface area contributed by atoms with Gasteiger partial charge >= 0.3 is 6.18 Å². The van der Waals surface area contributed by atoms with E-state index in [-0.39, 0.29) is 11.7 Å². The highest BCUT2D eigenvalue weighted by atomic mass is 19.4. The number of benzene rings is 1. The van der Waals surface area contributed by atoms with Gasteiger partial charge in [-0.05, 0) is 26.0 Å². The fraction of sp³-hybridized carbons (Fsp3) is 0.286. The number of halogens is 3. The fourth-order valence-corrected chi connectivity index (χ4v) is 2.00. The van der Waals surface area contributed by atoms with E-state index in [1.807, 2.05) is 0 Å². The van der Waals surface area contributed by atoms with Crippen molar-refractivity contribution in [1.29, 1.82) is 0 Å². The minimum Gasteiger partial charge on any atom is -0.376 e. The van der Waals surface area contributed by atoms with Crippen LogP contribution >= 0.6 is 0 Å². The van der Waals surface area contributed by atoms with Crippen molar-refractivity contribution in [3.63, 3.8) is 0 Å². The Hall–Kier alpha value is -2.11. The summed E-state index contributed by atoms with van der Waals surface area (Å²) in [5.41, 5.74) is 0.674. The number of anilines is 1. The summed E-state index contributed by atoms with van der Waals surface area (Å²) in [7, 11) is 0. The molecule has 106 valence electrons. The zero-order chi connectivity index (χ0) is 14.8. The molecule has 0 fully saturated rings. The maximum absolute atomic E-state index is 12.9. The molecule has 0 aliphatic heterocycles. The van der Waals surface area contributed by atoms with Gasteiger partial charge in [0.05, 0.1) is 23.0 Å². The van der Waals surface area contributed by atoms with Crippen LogP contribution in [0.3, 0.4) is 0 Å². The SMILES string of the molecule is Cc1nccnc1C(C)Nc1ccccc1C(F)(F)F. The van der Waals surface area contributed by atoms with Gasteiger partial charge in [-0.3, -0.25) is 9.97 Å². The van der Waals surface area contributed by atoms with Crippen LogP contribution in [0.5, 0.6) is 0 Å². The number of hydrogen-bond donors (Lipinski definition) is 1. The van der Waals surface area contributed by atoms with E-state index in [4.69, 9.17) is 0 Å². The Morgan fingerprint density at radius 2 is 1.75 bits per heavy atom. The first kappa shape index (κ1) is 14.3. The lowest BCUT2D eigenvalue weighted by Crippen LogP contribution is -2.15. The van der Waals surface area contributed by atoms with Gasteiger partial charge in [0.25, 0.3) is 0 Å². The van der Waals surface area contributed by atoms with E-state index in [0.717, 1.165) is 6.07 Å². The quantitative estimate of drug-likeness (QED) is 0.924. The third kappa shape index (κ3) is 3.07. The first-order valence-electron chi connectivity index (χ1n) is 6.10. The average Bonchev–Trinajstić information content (AvgIpc) is 2.38. The highest BCUT2D eigenvalue weighted by Gasteiger charge is 2.33. The minimum absolute atomic E-state index is 0.0394. The number of rotatable bonds is 3. The normalized spacial score (nSPS) is 13.1. The molecule has 0 radical (unpaired) electrons. The van der Waals surface area contributed by atoms with Crippen LogP contribution in [0.15, 0.2) is 36.7 Å². The van der Waals surface area contributed by atoms with Crippen molar-refractivity contribution >= 4 is 5.69 Å². The Balaban J connectivity index is 2.29. The monoisotopic (exact) mass is 281 g/mol. The molecule has 1 unspecified atom stereocenters. The van der Waals surface area contributed by atoms with Gasteiger partial charge in [0.1, 0.15) is 0 Å². The molecule has 0 aliphatic carbocycles. The predicted molar refractivity (Wildman–Crippen MR) is 70.3 cm³/mol. The molecule has 2 aromatic rings. The zero-order valence-electron chi connectivity index (χ0n) is 11.1. The Morgan fingerprint density at radius 1 is 1.10 bits per heavy atom. The van der Waals surface area contributed by atoms with Crippen LogP contribution in [-0.2, 0) is 6.18 Å². The third-order valence-corrected chi connectivity index (χ3v) is 2.93. The molecule has 6 heteroatoms. The van der Waals surface area contributed by atoms with Crippen LogP contribution < -0.4 is 5.32 Å². The molecule has 0 bridgehead atoms. The summed E-state index contributed by atoms with van der Waals surface area (Å²) in [6.07, 6.45) is -1.31. The summed E-state index contributed by atoms with van der Waals surface area (Å²) in [4.78, 5) is 8.25. The maximum atomic E-state index is 12.9. The summed E-state index contributed by atoms with van der Waals surface area (Å²) >= 11 is 0. The molecule has 1 aromatic carbocycles. The van der Waals surface area contributed by atoms with Crippen molar-refractivity contribution in [1.82, 2.24) is 9.97 Å². The molecule has 1 heterocycles. The standard InChI is InChI=1S/C14H14F3N3/c1-9-13(19-8-7-18-9)10(2)20-12-6-4-3-5-11(12)14(15,16)17/h3-8,10,20H,1-2H3. The number of para-hydroxylation sites is 1. The highest BCUT2D eigenvalue weighted by molar-refractivity contribution is 5.53. The van der Waals surface area contributed by atoms with Crippen LogP contribution in [0.4, 0.5) is 18.9 Å². The van der Waals surface area contributed by atoms with Crippen molar-refractivity contribution in [3.05, 3.63) is 53.6 Å². The van der Waals surface area contributed by atoms with Crippen LogP contribution in [-0.4, -0.2) is 9.97 Å². The lowest BCUT2D eigenvalue weighted by atomic mass is 10.1. The van der Waals surface area contributed by atoms with Gasteiger partial charge in [-0.25, -0.2) is 0 Å². The summed E-state index contributed by atoms with van der Waals surface area (Å²) in [6.45, 7) is 3.53. The summed E-state index contributed by atoms with van der Waals surface area (Å²) in [5.74, 6) is 0. The number of aromatic nitrogens is 2. The number of nitrogens with one attached hydrogen (secondary N) is 1. The Kier molecular flexibility index (Phi) is 3.92. The molecule has 0 aliphatic rings. The second-order valence-corrected chi connectivity index (χ2v) is 4.44. The van der Waals surface area contributed by atoms with Crippen molar-refractivity contribution in [2.24, 2.45) is 0 Å². The van der Waals surface area contributed by atoms with Gasteiger partial charge in [-0.15, -0.1) is 0 Å². The van der Waals surface area contributed by atoms with Gasteiger partial charge in [-0.1, -0.05) is 12.1 Å². The molecule has 20 heavy (non-hydrogen) atoms. The molecule has 0 saturated carbocycles. The van der Waals surface area contributed by atoms with E-state index in [2.05, 4.69) is 15.3 Å². The Morgan fingerprint density at radius 3 is 2.40 bits per heavy atom. The highest BCUT2D eigenvalue weighted by Crippen LogP contribution is 2.35. The van der Waals surface area contributed by atoms with Gasteiger partial charge in [0.15, 0.2) is 0 Å². The van der Waals surface area contributed by atoms with Crippen molar-refractivity contribution < 1.29 is 13.2 Å². The molecular formula is C14H14F3N3. The van der Waals surface area contributed by atoms with E-state index in [1.54, 1.807) is 26.1 Å². The predicted octanol–water partition coefficient (Wildman–Crippen LogP) is 3.98. The third-order valence-electron chi connectivity index (χ3n) is 2.93. The van der Waals surface area contributed by atoms with E-state index in [9.17, 15) is 13.2 Å². The molecule has 1 atom stereocenters. The van der Waals surface area contributed by atoms with Gasteiger partial charge < -0.3 is 5.32 Å². The van der Waals surface area contributed by atoms with E-state index in [0.29, 0.717) is 11.4 Å². The van der Waals surface area contributed by atoms with Crippen molar-refractivity contribution in [2.45, 2.75) is 26.1 Å². The van der Waals surface area contributed by atoms with Gasteiger partial charge in [-0.2, -0.15) is 13.2 Å². The molecular weight excluding hydrogens is 267 g/mol. The minimum atomic E-state index is -4.39. The topological polar surface area (TPSA) is 37.8 Å². The molecule has 0 amide bonds. The molecule has 2 rings (SSSR count). The van der Waals surface area contributed by atoms with Gasteiger partial charge in [0.2, 0.25) is 0 Å². The number of nitrogens with zero attached hydrogens (tertiary/aromatic N) is 2. The Bertz CT molecular complexity index is 596. The number of alkyl halides is 3. The Labute approximate surface area is 114 Å². The molecule has 3 nitrogen and oxygen atoms in total. The molecule has 0 saturated heterocycles. The van der Waals surface area contributed by atoms with Crippen LogP contribution in [0.1, 0.15) is 29.9 Å². The fourth-order valence-electron chi connectivity index (χ4n) is 2.00. The first-order chi connectivity index (χ1) is 9.39. The lowest BCUT2D eigenvalue weighted by molar-refractivity contribution is -0.137. The van der Waals surface area contributed by atoms with E-state index < -0.39 is 11.7 Å². The van der Waals surface area contributed by atoms with E-state index >= 15 is 0 Å². The molecule has 1 aromatic heterocycles. The average molecular weight is 281 g/mol.